The van der Waals surface area contributed by atoms with Crippen LogP contribution >= 0.6 is 23.8 Å². The summed E-state index contributed by atoms with van der Waals surface area (Å²) in [5, 5.41) is 0.786. The van der Waals surface area contributed by atoms with E-state index in [9.17, 15) is 0 Å². The Morgan fingerprint density at radius 1 is 0.931 bits per heavy atom. The summed E-state index contributed by atoms with van der Waals surface area (Å²) in [5.74, 6) is 1.40. The summed E-state index contributed by atoms with van der Waals surface area (Å²) in [6.45, 7) is 14.7. The fourth-order valence-corrected chi connectivity index (χ4v) is 4.97. The predicted molar refractivity (Wildman–Crippen MR) is 131 cm³/mol. The lowest BCUT2D eigenvalue weighted by Crippen LogP contribution is -2.31. The molecule has 1 aliphatic heterocycles. The quantitative estimate of drug-likeness (QED) is 0.442. The van der Waals surface area contributed by atoms with Crippen LogP contribution < -0.4 is 0 Å². The second-order valence-corrected chi connectivity index (χ2v) is 10.1. The average Bonchev–Trinajstić information content (AvgIpc) is 3.16. The van der Waals surface area contributed by atoms with Crippen LogP contribution in [0.15, 0.2) is 36.4 Å². The Morgan fingerprint density at radius 3 is 1.97 bits per heavy atom. The molecule has 0 radical (unpaired) electrons. The van der Waals surface area contributed by atoms with Crippen LogP contribution in [0.4, 0.5) is 0 Å². The molecule has 1 fully saturated rings. The molecule has 0 spiro atoms. The summed E-state index contributed by atoms with van der Waals surface area (Å²) in [6.07, 6.45) is 2.31. The predicted octanol–water partition coefficient (Wildman–Crippen LogP) is 8.22. The van der Waals surface area contributed by atoms with E-state index in [-0.39, 0.29) is 0 Å². The first-order valence-electron chi connectivity index (χ1n) is 10.9. The van der Waals surface area contributed by atoms with Crippen molar-refractivity contribution < 1.29 is 0 Å². The molecule has 1 saturated heterocycles. The van der Waals surface area contributed by atoms with Gasteiger partial charge in [0.1, 0.15) is 4.99 Å². The summed E-state index contributed by atoms with van der Waals surface area (Å²) in [4.78, 5) is 3.48. The molecule has 3 heteroatoms. The fraction of sp³-hybridized carbons (Fsp3) is 0.500. The summed E-state index contributed by atoms with van der Waals surface area (Å²) in [7, 11) is 0. The van der Waals surface area contributed by atoms with E-state index < -0.39 is 0 Å². The van der Waals surface area contributed by atoms with Crippen LogP contribution in [-0.2, 0) is 0 Å². The monoisotopic (exact) mass is 427 g/mol. The Morgan fingerprint density at radius 2 is 1.48 bits per heavy atom. The third-order valence-electron chi connectivity index (χ3n) is 6.11. The summed E-state index contributed by atoms with van der Waals surface area (Å²) < 4.78 is 0. The van der Waals surface area contributed by atoms with Crippen molar-refractivity contribution in [2.75, 3.05) is 6.54 Å². The van der Waals surface area contributed by atoms with Gasteiger partial charge in [-0.15, -0.1) is 0 Å². The van der Waals surface area contributed by atoms with Gasteiger partial charge in [0.05, 0.1) is 6.04 Å². The zero-order valence-corrected chi connectivity index (χ0v) is 20.2. The van der Waals surface area contributed by atoms with E-state index in [0.29, 0.717) is 23.8 Å². The van der Waals surface area contributed by atoms with Crippen molar-refractivity contribution >= 4 is 28.8 Å². The van der Waals surface area contributed by atoms with Gasteiger partial charge >= 0.3 is 0 Å². The number of hydrogen-bond donors (Lipinski definition) is 0. The molecule has 0 aliphatic carbocycles. The topological polar surface area (TPSA) is 3.24 Å². The van der Waals surface area contributed by atoms with E-state index in [4.69, 9.17) is 23.8 Å². The smallest absolute Gasteiger partial charge is 0.110 e. The van der Waals surface area contributed by atoms with Gasteiger partial charge in [-0.25, -0.2) is 0 Å². The zero-order valence-electron chi connectivity index (χ0n) is 18.6. The van der Waals surface area contributed by atoms with Crippen LogP contribution in [0.5, 0.6) is 0 Å². The maximum absolute atomic E-state index is 6.21. The number of halogens is 1. The standard InChI is InChI=1S/C26H34ClNS/c1-16(2)20-14-22(17(3)4)25(23(15-20)18(5)6)26(29)28-13-7-8-24(28)19-9-11-21(27)12-10-19/h9-12,14-18,24H,7-8,13H2,1-6H3/t24-/m1/s1. The van der Waals surface area contributed by atoms with Gasteiger partial charge in [-0.1, -0.05) is 89.6 Å². The highest BCUT2D eigenvalue weighted by Crippen LogP contribution is 2.38. The lowest BCUT2D eigenvalue weighted by molar-refractivity contribution is 0.407. The highest BCUT2D eigenvalue weighted by molar-refractivity contribution is 7.80. The van der Waals surface area contributed by atoms with Crippen LogP contribution in [0.2, 0.25) is 5.02 Å². The molecule has 0 aromatic heterocycles. The molecule has 0 saturated carbocycles. The fourth-order valence-electron chi connectivity index (χ4n) is 4.39. The molecule has 0 N–H and O–H groups in total. The van der Waals surface area contributed by atoms with Crippen molar-refractivity contribution in [1.29, 1.82) is 0 Å². The molecule has 0 bridgehead atoms. The maximum Gasteiger partial charge on any atom is 0.110 e. The van der Waals surface area contributed by atoms with E-state index in [1.165, 1.54) is 34.2 Å². The van der Waals surface area contributed by atoms with Crippen LogP contribution in [0.1, 0.15) is 106 Å². The number of likely N-dealkylation sites (tertiary alicyclic amines) is 1. The molecule has 0 unspecified atom stereocenters. The Hall–Kier alpha value is -1.38. The molecule has 1 nitrogen and oxygen atoms in total. The molecule has 1 heterocycles. The van der Waals surface area contributed by atoms with Crippen LogP contribution in [0.25, 0.3) is 0 Å². The molecule has 2 aromatic carbocycles. The third kappa shape index (κ3) is 4.70. The van der Waals surface area contributed by atoms with E-state index in [2.05, 4.69) is 70.7 Å². The van der Waals surface area contributed by atoms with Gasteiger partial charge in [-0.3, -0.25) is 0 Å². The maximum atomic E-state index is 6.21. The number of benzene rings is 2. The molecule has 1 aliphatic rings. The Kier molecular flexibility index (Phi) is 7.06. The third-order valence-corrected chi connectivity index (χ3v) is 6.81. The van der Waals surface area contributed by atoms with Crippen molar-refractivity contribution in [2.45, 2.75) is 78.2 Å². The van der Waals surface area contributed by atoms with Crippen molar-refractivity contribution in [3.05, 3.63) is 69.2 Å². The minimum atomic E-state index is 0.338. The van der Waals surface area contributed by atoms with Gasteiger partial charge in [-0.2, -0.15) is 0 Å². The van der Waals surface area contributed by atoms with Crippen LogP contribution in [0.3, 0.4) is 0 Å². The van der Waals surface area contributed by atoms with Gasteiger partial charge < -0.3 is 4.90 Å². The van der Waals surface area contributed by atoms with E-state index >= 15 is 0 Å². The van der Waals surface area contributed by atoms with E-state index in [1.54, 1.807) is 0 Å². The summed E-state index contributed by atoms with van der Waals surface area (Å²) >= 11 is 12.3. The largest absolute Gasteiger partial charge is 0.355 e. The van der Waals surface area contributed by atoms with Gasteiger partial charge in [-0.05, 0) is 65.0 Å². The molecular weight excluding hydrogens is 394 g/mol. The number of hydrogen-bond acceptors (Lipinski definition) is 1. The van der Waals surface area contributed by atoms with Crippen molar-refractivity contribution in [3.63, 3.8) is 0 Å². The SMILES string of the molecule is CC(C)c1cc(C(C)C)c(C(=S)N2CCC[C@@H]2c2ccc(Cl)cc2)c(C(C)C)c1. The van der Waals surface area contributed by atoms with Crippen molar-refractivity contribution in [2.24, 2.45) is 0 Å². The van der Waals surface area contributed by atoms with Crippen LogP contribution in [-0.4, -0.2) is 16.4 Å². The minimum absolute atomic E-state index is 0.338. The minimum Gasteiger partial charge on any atom is -0.355 e. The van der Waals surface area contributed by atoms with E-state index in [0.717, 1.165) is 23.0 Å². The molecule has 1 atom stereocenters. The second-order valence-electron chi connectivity index (χ2n) is 9.25. The average molecular weight is 428 g/mol. The summed E-state index contributed by atoms with van der Waals surface area (Å²) in [5.41, 5.74) is 6.82. The highest BCUT2D eigenvalue weighted by Gasteiger charge is 2.31. The van der Waals surface area contributed by atoms with Crippen molar-refractivity contribution in [3.8, 4) is 0 Å². The Labute approximate surface area is 187 Å². The number of thiocarbonyl (C=S) groups is 1. The molecule has 156 valence electrons. The van der Waals surface area contributed by atoms with Crippen LogP contribution in [0, 0.1) is 0 Å². The number of rotatable bonds is 5. The lowest BCUT2D eigenvalue weighted by Gasteiger charge is -2.32. The molecule has 2 aromatic rings. The lowest BCUT2D eigenvalue weighted by atomic mass is 9.84. The zero-order chi connectivity index (χ0) is 21.3. The van der Waals surface area contributed by atoms with Crippen molar-refractivity contribution in [1.82, 2.24) is 4.90 Å². The second kappa shape index (κ2) is 9.18. The van der Waals surface area contributed by atoms with Gasteiger partial charge in [0.15, 0.2) is 0 Å². The first kappa shape index (κ1) is 22.3. The Bertz CT molecular complexity index is 838. The first-order valence-corrected chi connectivity index (χ1v) is 11.7. The molecule has 3 rings (SSSR count). The Balaban J connectivity index is 2.08. The molecule has 29 heavy (non-hydrogen) atoms. The van der Waals surface area contributed by atoms with E-state index in [1.807, 2.05) is 12.1 Å². The first-order chi connectivity index (χ1) is 13.7. The molecular formula is C26H34ClNS. The highest BCUT2D eigenvalue weighted by atomic mass is 35.5. The van der Waals surface area contributed by atoms with Gasteiger partial charge in [0.2, 0.25) is 0 Å². The number of nitrogens with zero attached hydrogens (tertiary/aromatic N) is 1. The van der Waals surface area contributed by atoms with Gasteiger partial charge in [0, 0.05) is 17.1 Å². The summed E-state index contributed by atoms with van der Waals surface area (Å²) in [6, 6.07) is 13.4. The normalized spacial score (nSPS) is 17.0. The van der Waals surface area contributed by atoms with Gasteiger partial charge in [0.25, 0.3) is 0 Å². The molecule has 0 amide bonds.